The molecule has 0 aliphatic rings. The molecule has 4 nitrogen and oxygen atoms in total. The Hall–Kier alpha value is -2.62. The molecule has 0 aliphatic carbocycles. The van der Waals surface area contributed by atoms with E-state index in [0.717, 1.165) is 27.7 Å². The predicted octanol–water partition coefficient (Wildman–Crippen LogP) is 4.91. The quantitative estimate of drug-likeness (QED) is 0.636. The second kappa shape index (κ2) is 4.81. The van der Waals surface area contributed by atoms with Gasteiger partial charge in [-0.05, 0) is 43.7 Å². The summed E-state index contributed by atoms with van der Waals surface area (Å²) in [6.07, 6.45) is 0. The van der Waals surface area contributed by atoms with E-state index in [1.807, 2.05) is 56.3 Å². The number of benzene rings is 2. The molecule has 0 saturated carbocycles. The first-order valence-corrected chi connectivity index (χ1v) is 6.43. The summed E-state index contributed by atoms with van der Waals surface area (Å²) in [4.78, 5) is 2.90. The van der Waals surface area contributed by atoms with Crippen LogP contribution in [0.1, 0.15) is 11.1 Å². The molecular formula is C16H15N3O. The Kier molecular flexibility index (Phi) is 2.99. The number of aromatic amines is 1. The molecule has 2 N–H and O–H groups in total. The lowest BCUT2D eigenvalue weighted by atomic mass is 10.1. The van der Waals surface area contributed by atoms with Crippen LogP contribution in [0.4, 0.5) is 11.4 Å². The van der Waals surface area contributed by atoms with Gasteiger partial charge in [-0.25, -0.2) is 0 Å². The third kappa shape index (κ3) is 2.28. The van der Waals surface area contributed by atoms with Gasteiger partial charge in [0, 0.05) is 5.39 Å². The number of aromatic hydroxyl groups is 1. The minimum absolute atomic E-state index is 0.0435. The third-order valence-electron chi connectivity index (χ3n) is 3.17. The molecule has 2 aromatic carbocycles. The molecular weight excluding hydrogens is 250 g/mol. The van der Waals surface area contributed by atoms with Gasteiger partial charge in [0.15, 0.2) is 5.69 Å². The van der Waals surface area contributed by atoms with Crippen LogP contribution in [0.25, 0.3) is 10.9 Å². The normalized spacial score (nSPS) is 11.5. The van der Waals surface area contributed by atoms with Gasteiger partial charge in [-0.15, -0.1) is 5.11 Å². The van der Waals surface area contributed by atoms with Crippen LogP contribution in [0, 0.1) is 13.8 Å². The van der Waals surface area contributed by atoms with Gasteiger partial charge in [-0.3, -0.25) is 0 Å². The number of aryl methyl sites for hydroxylation is 2. The molecule has 3 aromatic rings. The number of rotatable bonds is 2. The van der Waals surface area contributed by atoms with Gasteiger partial charge in [0.1, 0.15) is 0 Å². The molecule has 20 heavy (non-hydrogen) atoms. The van der Waals surface area contributed by atoms with E-state index in [-0.39, 0.29) is 5.88 Å². The zero-order chi connectivity index (χ0) is 14.1. The van der Waals surface area contributed by atoms with E-state index < -0.39 is 0 Å². The fourth-order valence-corrected chi connectivity index (χ4v) is 2.18. The lowest BCUT2D eigenvalue weighted by molar-refractivity contribution is 0.459. The van der Waals surface area contributed by atoms with E-state index in [1.165, 1.54) is 0 Å². The fraction of sp³-hybridized carbons (Fsp3) is 0.125. The summed E-state index contributed by atoms with van der Waals surface area (Å²) in [5.41, 5.74) is 4.34. The van der Waals surface area contributed by atoms with Gasteiger partial charge >= 0.3 is 0 Å². The Balaban J connectivity index is 2.06. The van der Waals surface area contributed by atoms with E-state index in [4.69, 9.17) is 0 Å². The number of hydrogen-bond donors (Lipinski definition) is 2. The number of hydrogen-bond acceptors (Lipinski definition) is 3. The van der Waals surface area contributed by atoms with Crippen molar-refractivity contribution in [2.75, 3.05) is 0 Å². The second-order valence-electron chi connectivity index (χ2n) is 4.91. The minimum atomic E-state index is 0.0435. The average molecular weight is 265 g/mol. The van der Waals surface area contributed by atoms with Crippen molar-refractivity contribution < 1.29 is 5.11 Å². The van der Waals surface area contributed by atoms with Crippen LogP contribution < -0.4 is 0 Å². The lowest BCUT2D eigenvalue weighted by Gasteiger charge is -1.96. The summed E-state index contributed by atoms with van der Waals surface area (Å²) in [6.45, 7) is 4.01. The zero-order valence-electron chi connectivity index (χ0n) is 11.4. The molecule has 0 fully saturated rings. The highest BCUT2D eigenvalue weighted by atomic mass is 16.3. The molecule has 100 valence electrons. The Morgan fingerprint density at radius 3 is 2.55 bits per heavy atom. The van der Waals surface area contributed by atoms with Gasteiger partial charge in [-0.1, -0.05) is 23.8 Å². The summed E-state index contributed by atoms with van der Waals surface area (Å²) in [5, 5.41) is 19.2. The molecule has 1 heterocycles. The highest BCUT2D eigenvalue weighted by Crippen LogP contribution is 2.36. The van der Waals surface area contributed by atoms with Crippen molar-refractivity contribution in [3.63, 3.8) is 0 Å². The van der Waals surface area contributed by atoms with Crippen LogP contribution in [0.5, 0.6) is 5.88 Å². The molecule has 0 aliphatic heterocycles. The monoisotopic (exact) mass is 265 g/mol. The molecule has 0 bridgehead atoms. The second-order valence-corrected chi connectivity index (χ2v) is 4.91. The van der Waals surface area contributed by atoms with Crippen molar-refractivity contribution in [3.8, 4) is 5.88 Å². The molecule has 0 atom stereocenters. The molecule has 0 amide bonds. The number of azo groups is 1. The van der Waals surface area contributed by atoms with E-state index in [2.05, 4.69) is 15.2 Å². The molecule has 3 rings (SSSR count). The Bertz CT molecular complexity index is 803. The van der Waals surface area contributed by atoms with Crippen molar-refractivity contribution in [3.05, 3.63) is 53.6 Å². The van der Waals surface area contributed by atoms with Crippen molar-refractivity contribution >= 4 is 22.3 Å². The van der Waals surface area contributed by atoms with Crippen LogP contribution in [0.2, 0.25) is 0 Å². The summed E-state index contributed by atoms with van der Waals surface area (Å²) in [5.74, 6) is 0.0435. The summed E-state index contributed by atoms with van der Waals surface area (Å²) >= 11 is 0. The molecule has 0 spiro atoms. The predicted molar refractivity (Wildman–Crippen MR) is 80.1 cm³/mol. The van der Waals surface area contributed by atoms with E-state index >= 15 is 0 Å². The standard InChI is InChI=1S/C16H15N3O/c1-10-4-3-5-12(8-10)18-19-15-13-9-11(2)6-7-14(13)17-16(15)20/h3-9,17,20H,1-2H3. The zero-order valence-corrected chi connectivity index (χ0v) is 11.4. The summed E-state index contributed by atoms with van der Waals surface area (Å²) in [7, 11) is 0. The Labute approximate surface area is 116 Å². The highest BCUT2D eigenvalue weighted by Gasteiger charge is 2.10. The first kappa shape index (κ1) is 12.4. The van der Waals surface area contributed by atoms with Gasteiger partial charge in [-0.2, -0.15) is 5.11 Å². The van der Waals surface area contributed by atoms with E-state index in [0.29, 0.717) is 5.69 Å². The molecule has 0 saturated heterocycles. The van der Waals surface area contributed by atoms with E-state index in [1.54, 1.807) is 0 Å². The van der Waals surface area contributed by atoms with Crippen molar-refractivity contribution in [1.29, 1.82) is 0 Å². The van der Waals surface area contributed by atoms with Crippen molar-refractivity contribution in [1.82, 2.24) is 4.98 Å². The molecule has 0 radical (unpaired) electrons. The van der Waals surface area contributed by atoms with E-state index in [9.17, 15) is 5.11 Å². The maximum absolute atomic E-state index is 9.95. The van der Waals surface area contributed by atoms with Gasteiger partial charge < -0.3 is 10.1 Å². The SMILES string of the molecule is Cc1cccc(N=Nc2c(O)[nH]c3ccc(C)cc23)c1. The number of nitrogens with one attached hydrogen (secondary N) is 1. The maximum atomic E-state index is 9.95. The lowest BCUT2D eigenvalue weighted by Crippen LogP contribution is -1.71. The van der Waals surface area contributed by atoms with Crippen molar-refractivity contribution in [2.24, 2.45) is 10.2 Å². The van der Waals surface area contributed by atoms with Crippen LogP contribution in [-0.4, -0.2) is 10.1 Å². The van der Waals surface area contributed by atoms with Crippen LogP contribution in [0.3, 0.4) is 0 Å². The molecule has 4 heteroatoms. The average Bonchev–Trinajstić information content (AvgIpc) is 2.72. The van der Waals surface area contributed by atoms with Gasteiger partial charge in [0.2, 0.25) is 5.88 Å². The van der Waals surface area contributed by atoms with Crippen LogP contribution in [-0.2, 0) is 0 Å². The third-order valence-corrected chi connectivity index (χ3v) is 3.17. The summed E-state index contributed by atoms with van der Waals surface area (Å²) < 4.78 is 0. The number of nitrogens with zero attached hydrogens (tertiary/aromatic N) is 2. The van der Waals surface area contributed by atoms with Crippen LogP contribution >= 0.6 is 0 Å². The number of aromatic nitrogens is 1. The first-order chi connectivity index (χ1) is 9.63. The Morgan fingerprint density at radius 1 is 0.950 bits per heavy atom. The fourth-order valence-electron chi connectivity index (χ4n) is 2.18. The largest absolute Gasteiger partial charge is 0.493 e. The topological polar surface area (TPSA) is 60.7 Å². The van der Waals surface area contributed by atoms with Gasteiger partial charge in [0.25, 0.3) is 0 Å². The van der Waals surface area contributed by atoms with Crippen molar-refractivity contribution in [2.45, 2.75) is 13.8 Å². The maximum Gasteiger partial charge on any atom is 0.218 e. The number of fused-ring (bicyclic) bond motifs is 1. The number of H-pyrrole nitrogens is 1. The van der Waals surface area contributed by atoms with Crippen LogP contribution in [0.15, 0.2) is 52.7 Å². The Morgan fingerprint density at radius 2 is 1.75 bits per heavy atom. The first-order valence-electron chi connectivity index (χ1n) is 6.43. The summed E-state index contributed by atoms with van der Waals surface area (Å²) in [6, 6.07) is 13.7. The van der Waals surface area contributed by atoms with Gasteiger partial charge in [0.05, 0.1) is 11.2 Å². The highest BCUT2D eigenvalue weighted by molar-refractivity contribution is 5.94. The molecule has 1 aromatic heterocycles. The minimum Gasteiger partial charge on any atom is -0.493 e. The smallest absolute Gasteiger partial charge is 0.218 e. The molecule has 0 unspecified atom stereocenters.